The van der Waals surface area contributed by atoms with E-state index in [1.165, 1.54) is 18.9 Å². The van der Waals surface area contributed by atoms with Crippen LogP contribution in [0.25, 0.3) is 0 Å². The molecule has 132 valence electrons. The van der Waals surface area contributed by atoms with Crippen molar-refractivity contribution in [2.24, 2.45) is 16.8 Å². The van der Waals surface area contributed by atoms with Gasteiger partial charge in [0.25, 0.3) is 0 Å². The summed E-state index contributed by atoms with van der Waals surface area (Å²) in [6.45, 7) is 2.58. The minimum Gasteiger partial charge on any atom is -0.374 e. The fraction of sp³-hybridized carbons (Fsp3) is 0.588. The summed E-state index contributed by atoms with van der Waals surface area (Å²) in [7, 11) is 1.81. The summed E-state index contributed by atoms with van der Waals surface area (Å²) >= 11 is 3.47. The molecule has 7 heteroatoms. The first-order valence-corrected chi connectivity index (χ1v) is 9.00. The SMILES string of the molecule is CN=C(NCc1cc(F)ccc1Br)N1CC2C3CCC(O3)C2C1.I. The average Bonchev–Trinajstić information content (AvgIpc) is 3.23. The number of likely N-dealkylation sites (tertiary alicyclic amines) is 1. The Bertz CT molecular complexity index is 626. The fourth-order valence-electron chi connectivity index (χ4n) is 4.32. The highest BCUT2D eigenvalue weighted by Crippen LogP contribution is 2.47. The van der Waals surface area contributed by atoms with Crippen LogP contribution in [0.15, 0.2) is 27.7 Å². The largest absolute Gasteiger partial charge is 0.374 e. The predicted octanol–water partition coefficient (Wildman–Crippen LogP) is 3.39. The molecule has 4 nitrogen and oxygen atoms in total. The number of halogens is 3. The molecule has 3 aliphatic heterocycles. The molecular formula is C17H22BrFIN3O. The van der Waals surface area contributed by atoms with Crippen molar-refractivity contribution in [1.82, 2.24) is 10.2 Å². The molecule has 24 heavy (non-hydrogen) atoms. The molecular weight excluding hydrogens is 488 g/mol. The molecule has 4 atom stereocenters. The number of fused-ring (bicyclic) bond motifs is 5. The van der Waals surface area contributed by atoms with Gasteiger partial charge in [-0.2, -0.15) is 0 Å². The Balaban J connectivity index is 0.00000169. The summed E-state index contributed by atoms with van der Waals surface area (Å²) in [6.07, 6.45) is 3.32. The lowest BCUT2D eigenvalue weighted by Crippen LogP contribution is -2.41. The molecule has 0 aromatic heterocycles. The van der Waals surface area contributed by atoms with Crippen molar-refractivity contribution in [1.29, 1.82) is 0 Å². The summed E-state index contributed by atoms with van der Waals surface area (Å²) < 4.78 is 20.3. The van der Waals surface area contributed by atoms with Gasteiger partial charge in [-0.15, -0.1) is 24.0 Å². The number of guanidine groups is 1. The van der Waals surface area contributed by atoms with Crippen LogP contribution < -0.4 is 5.32 Å². The number of hydrogen-bond donors (Lipinski definition) is 1. The molecule has 0 spiro atoms. The van der Waals surface area contributed by atoms with Crippen LogP contribution in [-0.2, 0) is 11.3 Å². The summed E-state index contributed by atoms with van der Waals surface area (Å²) in [4.78, 5) is 6.75. The lowest BCUT2D eigenvalue weighted by Gasteiger charge is -2.23. The van der Waals surface area contributed by atoms with E-state index in [9.17, 15) is 4.39 Å². The Kier molecular flexibility index (Phi) is 5.71. The Hall–Kier alpha value is -0.410. The molecule has 3 aliphatic rings. The number of hydrogen-bond acceptors (Lipinski definition) is 2. The van der Waals surface area contributed by atoms with Crippen molar-refractivity contribution in [3.63, 3.8) is 0 Å². The summed E-state index contributed by atoms with van der Waals surface area (Å²) in [5.41, 5.74) is 0.897. The molecule has 3 saturated heterocycles. The summed E-state index contributed by atoms with van der Waals surface area (Å²) in [5.74, 6) is 1.97. The minimum atomic E-state index is -0.218. The maximum absolute atomic E-state index is 13.4. The van der Waals surface area contributed by atoms with Crippen LogP contribution in [0.4, 0.5) is 4.39 Å². The van der Waals surface area contributed by atoms with Gasteiger partial charge in [-0.05, 0) is 36.6 Å². The van der Waals surface area contributed by atoms with E-state index in [1.54, 1.807) is 12.1 Å². The molecule has 3 fully saturated rings. The van der Waals surface area contributed by atoms with Crippen LogP contribution in [0, 0.1) is 17.7 Å². The number of nitrogens with one attached hydrogen (secondary N) is 1. The Morgan fingerprint density at radius 1 is 1.33 bits per heavy atom. The smallest absolute Gasteiger partial charge is 0.193 e. The lowest BCUT2D eigenvalue weighted by molar-refractivity contribution is 0.0767. The van der Waals surface area contributed by atoms with Gasteiger partial charge < -0.3 is 15.0 Å². The van der Waals surface area contributed by atoms with Crippen LogP contribution in [0.5, 0.6) is 0 Å². The first kappa shape index (κ1) is 18.4. The number of ether oxygens (including phenoxy) is 1. The molecule has 4 rings (SSSR count). The molecule has 0 radical (unpaired) electrons. The standard InChI is InChI=1S/C17H21BrFN3O.HI/c1-20-17(21-7-10-6-11(19)2-3-14(10)18)22-8-12-13(9-22)16-5-4-15(12)23-16;/h2-3,6,12-13,15-16H,4-5,7-9H2,1H3,(H,20,21);1H. The molecule has 2 bridgehead atoms. The van der Waals surface area contributed by atoms with E-state index in [2.05, 4.69) is 31.1 Å². The third-order valence-electron chi connectivity index (χ3n) is 5.41. The van der Waals surface area contributed by atoms with Crippen LogP contribution in [0.1, 0.15) is 18.4 Å². The molecule has 1 aromatic carbocycles. The zero-order chi connectivity index (χ0) is 16.0. The van der Waals surface area contributed by atoms with E-state index in [4.69, 9.17) is 4.74 Å². The van der Waals surface area contributed by atoms with Gasteiger partial charge in [0, 0.05) is 43.0 Å². The predicted molar refractivity (Wildman–Crippen MR) is 106 cm³/mol. The van der Waals surface area contributed by atoms with Gasteiger partial charge in [-0.25, -0.2) is 4.39 Å². The molecule has 1 N–H and O–H groups in total. The lowest BCUT2D eigenvalue weighted by atomic mass is 9.82. The van der Waals surface area contributed by atoms with Crippen LogP contribution in [0.2, 0.25) is 0 Å². The summed E-state index contributed by atoms with van der Waals surface area (Å²) in [6, 6.07) is 4.75. The zero-order valence-electron chi connectivity index (χ0n) is 13.5. The van der Waals surface area contributed by atoms with Crippen molar-refractivity contribution in [3.8, 4) is 0 Å². The summed E-state index contributed by atoms with van der Waals surface area (Å²) in [5, 5.41) is 3.37. The van der Waals surface area contributed by atoms with Crippen LogP contribution in [-0.4, -0.2) is 43.2 Å². The van der Waals surface area contributed by atoms with Crippen molar-refractivity contribution in [3.05, 3.63) is 34.1 Å². The number of aliphatic imine (C=N–C) groups is 1. The third kappa shape index (κ3) is 3.31. The molecule has 1 aromatic rings. The second kappa shape index (κ2) is 7.45. The third-order valence-corrected chi connectivity index (χ3v) is 6.18. The monoisotopic (exact) mass is 509 g/mol. The Morgan fingerprint density at radius 2 is 2.00 bits per heavy atom. The highest BCUT2D eigenvalue weighted by atomic mass is 127. The molecule has 4 unspecified atom stereocenters. The zero-order valence-corrected chi connectivity index (χ0v) is 17.5. The van der Waals surface area contributed by atoms with Crippen molar-refractivity contribution < 1.29 is 9.13 Å². The second-order valence-corrected chi connectivity index (χ2v) is 7.51. The first-order valence-electron chi connectivity index (χ1n) is 8.20. The maximum atomic E-state index is 13.4. The van der Waals surface area contributed by atoms with E-state index in [1.807, 2.05) is 7.05 Å². The topological polar surface area (TPSA) is 36.9 Å². The van der Waals surface area contributed by atoms with Gasteiger partial charge in [0.05, 0.1) is 12.2 Å². The molecule has 0 aliphatic carbocycles. The van der Waals surface area contributed by atoms with Crippen molar-refractivity contribution in [2.45, 2.75) is 31.6 Å². The highest BCUT2D eigenvalue weighted by molar-refractivity contribution is 14.0. The van der Waals surface area contributed by atoms with Gasteiger partial charge in [0.15, 0.2) is 5.96 Å². The van der Waals surface area contributed by atoms with E-state index < -0.39 is 0 Å². The van der Waals surface area contributed by atoms with E-state index in [-0.39, 0.29) is 29.8 Å². The second-order valence-electron chi connectivity index (χ2n) is 6.66. The Labute approximate surface area is 167 Å². The fourth-order valence-corrected chi connectivity index (χ4v) is 4.71. The van der Waals surface area contributed by atoms with Crippen molar-refractivity contribution in [2.75, 3.05) is 20.1 Å². The van der Waals surface area contributed by atoms with Crippen LogP contribution >= 0.6 is 39.9 Å². The van der Waals surface area contributed by atoms with Crippen molar-refractivity contribution >= 4 is 45.9 Å². The quantitative estimate of drug-likeness (QED) is 0.377. The van der Waals surface area contributed by atoms with Gasteiger partial charge in [0.1, 0.15) is 5.82 Å². The van der Waals surface area contributed by atoms with Crippen LogP contribution in [0.3, 0.4) is 0 Å². The van der Waals surface area contributed by atoms with Gasteiger partial charge in [0.2, 0.25) is 0 Å². The first-order chi connectivity index (χ1) is 11.2. The van der Waals surface area contributed by atoms with E-state index in [0.717, 1.165) is 29.1 Å². The number of nitrogens with zero attached hydrogens (tertiary/aromatic N) is 2. The van der Waals surface area contributed by atoms with Gasteiger partial charge in [-0.1, -0.05) is 15.9 Å². The number of rotatable bonds is 2. The van der Waals surface area contributed by atoms with Gasteiger partial charge >= 0.3 is 0 Å². The Morgan fingerprint density at radius 3 is 2.62 bits per heavy atom. The maximum Gasteiger partial charge on any atom is 0.193 e. The van der Waals surface area contributed by atoms with E-state index in [0.29, 0.717) is 30.6 Å². The highest BCUT2D eigenvalue weighted by Gasteiger charge is 2.53. The molecule has 3 heterocycles. The van der Waals surface area contributed by atoms with Gasteiger partial charge in [-0.3, -0.25) is 4.99 Å². The number of benzene rings is 1. The normalized spacial score (nSPS) is 31.1. The minimum absolute atomic E-state index is 0. The molecule has 0 saturated carbocycles. The molecule has 0 amide bonds. The average molecular weight is 510 g/mol. The van der Waals surface area contributed by atoms with E-state index >= 15 is 0 Å².